The molecule has 0 aliphatic carbocycles. The molecule has 0 aromatic carbocycles. The first-order valence-corrected chi connectivity index (χ1v) is 5.98. The molecule has 2 N–H and O–H groups in total. The SMILES string of the molecule is CC(C)CNC(=S)NCCc1cnn(C)c1. The number of rotatable bonds is 5. The van der Waals surface area contributed by atoms with Crippen LogP contribution in [0.5, 0.6) is 0 Å². The predicted octanol–water partition coefficient (Wildman–Crippen LogP) is 1.08. The van der Waals surface area contributed by atoms with E-state index in [1.54, 1.807) is 0 Å². The van der Waals surface area contributed by atoms with Crippen molar-refractivity contribution in [3.63, 3.8) is 0 Å². The van der Waals surface area contributed by atoms with Gasteiger partial charge in [0.05, 0.1) is 6.20 Å². The van der Waals surface area contributed by atoms with Crippen LogP contribution >= 0.6 is 12.2 Å². The summed E-state index contributed by atoms with van der Waals surface area (Å²) in [7, 11) is 1.92. The molecule has 90 valence electrons. The van der Waals surface area contributed by atoms with Gasteiger partial charge in [0.25, 0.3) is 0 Å². The van der Waals surface area contributed by atoms with Gasteiger partial charge in [-0.3, -0.25) is 4.68 Å². The molecule has 0 spiro atoms. The lowest BCUT2D eigenvalue weighted by Crippen LogP contribution is -2.38. The Balaban J connectivity index is 2.13. The monoisotopic (exact) mass is 240 g/mol. The average Bonchev–Trinajstić information content (AvgIpc) is 2.61. The fourth-order valence-electron chi connectivity index (χ4n) is 1.28. The van der Waals surface area contributed by atoms with E-state index in [4.69, 9.17) is 12.2 Å². The van der Waals surface area contributed by atoms with Crippen LogP contribution in [0.3, 0.4) is 0 Å². The largest absolute Gasteiger partial charge is 0.362 e. The maximum atomic E-state index is 5.15. The third kappa shape index (κ3) is 5.11. The third-order valence-electron chi connectivity index (χ3n) is 2.13. The number of hydrogen-bond acceptors (Lipinski definition) is 2. The Bertz CT molecular complexity index is 332. The van der Waals surface area contributed by atoms with Gasteiger partial charge in [0.2, 0.25) is 0 Å². The van der Waals surface area contributed by atoms with Crippen molar-refractivity contribution in [2.45, 2.75) is 20.3 Å². The zero-order valence-corrected chi connectivity index (χ0v) is 11.0. The first kappa shape index (κ1) is 13.0. The summed E-state index contributed by atoms with van der Waals surface area (Å²) in [5.41, 5.74) is 1.22. The van der Waals surface area contributed by atoms with E-state index in [1.807, 2.05) is 24.1 Å². The first-order valence-electron chi connectivity index (χ1n) is 5.57. The van der Waals surface area contributed by atoms with Gasteiger partial charge in [-0.05, 0) is 30.1 Å². The summed E-state index contributed by atoms with van der Waals surface area (Å²) in [6, 6.07) is 0. The minimum atomic E-state index is 0.609. The molecule has 0 amide bonds. The van der Waals surface area contributed by atoms with Crippen molar-refractivity contribution in [3.8, 4) is 0 Å². The van der Waals surface area contributed by atoms with Crippen LogP contribution in [0.2, 0.25) is 0 Å². The molecule has 0 unspecified atom stereocenters. The highest BCUT2D eigenvalue weighted by Gasteiger charge is 1.99. The molecule has 0 aliphatic heterocycles. The van der Waals surface area contributed by atoms with Crippen LogP contribution < -0.4 is 10.6 Å². The van der Waals surface area contributed by atoms with E-state index >= 15 is 0 Å². The van der Waals surface area contributed by atoms with Crippen molar-refractivity contribution < 1.29 is 0 Å². The van der Waals surface area contributed by atoms with Crippen molar-refractivity contribution in [2.75, 3.05) is 13.1 Å². The number of hydrogen-bond donors (Lipinski definition) is 2. The number of aromatic nitrogens is 2. The standard InChI is InChI=1S/C11H20N4S/c1-9(2)6-13-11(16)12-5-4-10-7-14-15(3)8-10/h7-9H,4-6H2,1-3H3,(H2,12,13,16). The highest BCUT2D eigenvalue weighted by Crippen LogP contribution is 1.95. The van der Waals surface area contributed by atoms with E-state index in [9.17, 15) is 0 Å². The van der Waals surface area contributed by atoms with E-state index in [0.29, 0.717) is 5.92 Å². The van der Waals surface area contributed by atoms with Gasteiger partial charge in [-0.25, -0.2) is 0 Å². The molecule has 0 saturated carbocycles. The zero-order chi connectivity index (χ0) is 12.0. The number of thiocarbonyl (C=S) groups is 1. The van der Waals surface area contributed by atoms with E-state index in [2.05, 4.69) is 29.6 Å². The Hall–Kier alpha value is -1.10. The second-order valence-corrected chi connectivity index (χ2v) is 4.71. The van der Waals surface area contributed by atoms with Gasteiger partial charge in [-0.2, -0.15) is 5.10 Å². The minimum Gasteiger partial charge on any atom is -0.362 e. The Morgan fingerprint density at radius 2 is 2.25 bits per heavy atom. The van der Waals surface area contributed by atoms with Crippen LogP contribution in [-0.2, 0) is 13.5 Å². The lowest BCUT2D eigenvalue weighted by Gasteiger charge is -2.11. The van der Waals surface area contributed by atoms with Gasteiger partial charge < -0.3 is 10.6 Å². The number of nitrogens with one attached hydrogen (secondary N) is 2. The van der Waals surface area contributed by atoms with Gasteiger partial charge in [0.1, 0.15) is 0 Å². The summed E-state index contributed by atoms with van der Waals surface area (Å²) in [6.45, 7) is 6.07. The first-order chi connectivity index (χ1) is 7.58. The lowest BCUT2D eigenvalue weighted by molar-refractivity contribution is 0.619. The van der Waals surface area contributed by atoms with Crippen molar-refractivity contribution in [1.29, 1.82) is 0 Å². The van der Waals surface area contributed by atoms with Gasteiger partial charge in [0, 0.05) is 26.3 Å². The highest BCUT2D eigenvalue weighted by atomic mass is 32.1. The second kappa shape index (κ2) is 6.48. The summed E-state index contributed by atoms with van der Waals surface area (Å²) in [5, 5.41) is 11.2. The molecule has 4 nitrogen and oxygen atoms in total. The van der Waals surface area contributed by atoms with Crippen LogP contribution in [0.15, 0.2) is 12.4 Å². The normalized spacial score (nSPS) is 10.5. The van der Waals surface area contributed by atoms with Gasteiger partial charge >= 0.3 is 0 Å². The lowest BCUT2D eigenvalue weighted by atomic mass is 10.2. The highest BCUT2D eigenvalue weighted by molar-refractivity contribution is 7.80. The maximum Gasteiger partial charge on any atom is 0.166 e. The summed E-state index contributed by atoms with van der Waals surface area (Å²) in [5.74, 6) is 0.609. The number of nitrogens with zero attached hydrogens (tertiary/aromatic N) is 2. The van der Waals surface area contributed by atoms with E-state index in [-0.39, 0.29) is 0 Å². The summed E-state index contributed by atoms with van der Waals surface area (Å²) in [4.78, 5) is 0. The quantitative estimate of drug-likeness (QED) is 0.756. The Morgan fingerprint density at radius 1 is 1.50 bits per heavy atom. The van der Waals surface area contributed by atoms with Gasteiger partial charge in [0.15, 0.2) is 5.11 Å². The van der Waals surface area contributed by atoms with Crippen molar-refractivity contribution in [3.05, 3.63) is 18.0 Å². The maximum absolute atomic E-state index is 5.15. The molecule has 16 heavy (non-hydrogen) atoms. The topological polar surface area (TPSA) is 41.9 Å². The number of aryl methyl sites for hydroxylation is 1. The molecular formula is C11H20N4S. The van der Waals surface area contributed by atoms with E-state index in [0.717, 1.165) is 24.6 Å². The molecule has 0 radical (unpaired) electrons. The molecule has 1 aromatic heterocycles. The van der Waals surface area contributed by atoms with Crippen molar-refractivity contribution >= 4 is 17.3 Å². The summed E-state index contributed by atoms with van der Waals surface area (Å²) >= 11 is 5.15. The molecule has 1 rings (SSSR count). The predicted molar refractivity (Wildman–Crippen MR) is 70.4 cm³/mol. The van der Waals surface area contributed by atoms with Gasteiger partial charge in [-0.15, -0.1) is 0 Å². The van der Waals surface area contributed by atoms with Crippen LogP contribution in [-0.4, -0.2) is 28.0 Å². The molecule has 5 heteroatoms. The smallest absolute Gasteiger partial charge is 0.166 e. The van der Waals surface area contributed by atoms with E-state index < -0.39 is 0 Å². The Labute approximate surface area is 102 Å². The molecule has 0 atom stereocenters. The Kier molecular flexibility index (Phi) is 5.25. The average molecular weight is 240 g/mol. The van der Waals surface area contributed by atoms with Crippen LogP contribution in [0.1, 0.15) is 19.4 Å². The molecular weight excluding hydrogens is 220 g/mol. The van der Waals surface area contributed by atoms with Crippen LogP contribution in [0, 0.1) is 5.92 Å². The molecule has 1 aromatic rings. The molecule has 0 saturated heterocycles. The Morgan fingerprint density at radius 3 is 2.81 bits per heavy atom. The minimum absolute atomic E-state index is 0.609. The fourth-order valence-corrected chi connectivity index (χ4v) is 1.47. The second-order valence-electron chi connectivity index (χ2n) is 4.30. The third-order valence-corrected chi connectivity index (χ3v) is 2.42. The van der Waals surface area contributed by atoms with Crippen LogP contribution in [0.25, 0.3) is 0 Å². The molecule has 1 heterocycles. The molecule has 0 aliphatic rings. The van der Waals surface area contributed by atoms with Crippen molar-refractivity contribution in [1.82, 2.24) is 20.4 Å². The van der Waals surface area contributed by atoms with Crippen LogP contribution in [0.4, 0.5) is 0 Å². The zero-order valence-electron chi connectivity index (χ0n) is 10.2. The molecule has 0 bridgehead atoms. The fraction of sp³-hybridized carbons (Fsp3) is 0.636. The van der Waals surface area contributed by atoms with Gasteiger partial charge in [-0.1, -0.05) is 13.8 Å². The summed E-state index contributed by atoms with van der Waals surface area (Å²) in [6.07, 6.45) is 4.84. The van der Waals surface area contributed by atoms with E-state index in [1.165, 1.54) is 5.56 Å². The summed E-state index contributed by atoms with van der Waals surface area (Å²) < 4.78 is 1.81. The van der Waals surface area contributed by atoms with Crippen molar-refractivity contribution in [2.24, 2.45) is 13.0 Å². The molecule has 0 fully saturated rings.